The lowest BCUT2D eigenvalue weighted by atomic mass is 10.0. The van der Waals surface area contributed by atoms with Crippen LogP contribution in [0.1, 0.15) is 56.5 Å². The van der Waals surface area contributed by atoms with Crippen molar-refractivity contribution in [3.8, 4) is 5.75 Å². The van der Waals surface area contributed by atoms with Crippen LogP contribution in [0.4, 0.5) is 31.9 Å². The highest BCUT2D eigenvalue weighted by molar-refractivity contribution is 6.17. The number of hydrogen-bond donors (Lipinski definition) is 4. The second-order valence-corrected chi connectivity index (χ2v) is 11.3. The highest BCUT2D eigenvalue weighted by Gasteiger charge is 2.56. The molecule has 11 nitrogen and oxygen atoms in total. The molecular formula is C33H33FN4O7. The van der Waals surface area contributed by atoms with Gasteiger partial charge < -0.3 is 25.2 Å². The van der Waals surface area contributed by atoms with Gasteiger partial charge in [0.05, 0.1) is 16.9 Å². The number of carboxylic acid groups (broad SMARTS) is 1. The van der Waals surface area contributed by atoms with Crippen LogP contribution in [0.15, 0.2) is 71.7 Å². The first-order valence-corrected chi connectivity index (χ1v) is 14.0. The molecule has 0 saturated heterocycles. The van der Waals surface area contributed by atoms with Gasteiger partial charge in [0.25, 0.3) is 0 Å². The number of carboxylic acids is 1. The third-order valence-corrected chi connectivity index (χ3v) is 6.76. The standard InChI is InChI=1S/C33H33FN4O7/c1-6-27(23-17-24(28(39)40)26(18-25(23)35-5)38-31(43)45-32(2,3)4)44-22-13-11-21(12-14-22)37-30(42)33(15-16-33)29(41)36-20-9-7-19(34)8-10-20/h6-14,17-18H,5,15-16H2,1-4H3,(H,36,41)(H,37,42)(H,38,43)(H,39,40)/b27-6+. The van der Waals surface area contributed by atoms with Gasteiger partial charge in [0.15, 0.2) is 0 Å². The zero-order valence-electron chi connectivity index (χ0n) is 25.2. The van der Waals surface area contributed by atoms with Crippen LogP contribution in [0.2, 0.25) is 0 Å². The predicted molar refractivity (Wildman–Crippen MR) is 169 cm³/mol. The van der Waals surface area contributed by atoms with E-state index in [2.05, 4.69) is 27.7 Å². The maximum atomic E-state index is 13.2. The van der Waals surface area contributed by atoms with Crippen molar-refractivity contribution >= 4 is 59.1 Å². The zero-order chi connectivity index (χ0) is 32.9. The van der Waals surface area contributed by atoms with Crippen LogP contribution in [0.5, 0.6) is 5.75 Å². The number of amides is 3. The number of halogens is 1. The zero-order valence-corrected chi connectivity index (χ0v) is 25.2. The van der Waals surface area contributed by atoms with Crippen molar-refractivity contribution in [2.24, 2.45) is 10.4 Å². The van der Waals surface area contributed by atoms with Crippen molar-refractivity contribution in [3.05, 3.63) is 83.7 Å². The molecular weight excluding hydrogens is 583 g/mol. The van der Waals surface area contributed by atoms with Crippen LogP contribution in [0, 0.1) is 11.2 Å². The summed E-state index contributed by atoms with van der Waals surface area (Å²) in [6, 6.07) is 14.3. The molecule has 4 rings (SSSR count). The lowest BCUT2D eigenvalue weighted by molar-refractivity contribution is -0.131. The number of rotatable bonds is 10. The maximum Gasteiger partial charge on any atom is 0.412 e. The fourth-order valence-electron chi connectivity index (χ4n) is 4.33. The lowest BCUT2D eigenvalue weighted by Crippen LogP contribution is -2.35. The number of nitrogens with zero attached hydrogens (tertiary/aromatic N) is 1. The molecule has 0 aromatic heterocycles. The van der Waals surface area contributed by atoms with E-state index in [0.29, 0.717) is 35.5 Å². The Morgan fingerprint density at radius 2 is 1.47 bits per heavy atom. The molecule has 0 atom stereocenters. The smallest absolute Gasteiger partial charge is 0.412 e. The van der Waals surface area contributed by atoms with Crippen molar-refractivity contribution in [2.45, 2.75) is 46.1 Å². The molecule has 3 amide bonds. The first-order valence-electron chi connectivity index (χ1n) is 14.0. The molecule has 1 aliphatic rings. The van der Waals surface area contributed by atoms with E-state index in [0.717, 1.165) is 0 Å². The minimum Gasteiger partial charge on any atom is -0.478 e. The third-order valence-electron chi connectivity index (χ3n) is 6.76. The quantitative estimate of drug-likeness (QED) is 0.109. The van der Waals surface area contributed by atoms with Gasteiger partial charge in [0.1, 0.15) is 28.3 Å². The van der Waals surface area contributed by atoms with Gasteiger partial charge in [-0.25, -0.2) is 14.0 Å². The van der Waals surface area contributed by atoms with Crippen molar-refractivity contribution in [1.29, 1.82) is 0 Å². The molecule has 0 unspecified atom stereocenters. The summed E-state index contributed by atoms with van der Waals surface area (Å²) in [4.78, 5) is 54.3. The minimum absolute atomic E-state index is 0.0294. The van der Waals surface area contributed by atoms with Gasteiger partial charge in [-0.15, -0.1) is 0 Å². The second kappa shape index (κ2) is 13.0. The Morgan fingerprint density at radius 3 is 1.93 bits per heavy atom. The van der Waals surface area contributed by atoms with Gasteiger partial charge in [-0.2, -0.15) is 0 Å². The minimum atomic E-state index is -1.30. The molecule has 45 heavy (non-hydrogen) atoms. The maximum absolute atomic E-state index is 13.2. The van der Waals surface area contributed by atoms with Gasteiger partial charge in [0.2, 0.25) is 11.8 Å². The predicted octanol–water partition coefficient (Wildman–Crippen LogP) is 7.00. The third kappa shape index (κ3) is 7.91. The fourth-order valence-corrected chi connectivity index (χ4v) is 4.33. The van der Waals surface area contributed by atoms with Gasteiger partial charge in [-0.05, 0) is 114 Å². The summed E-state index contributed by atoms with van der Waals surface area (Å²) < 4.78 is 24.5. The van der Waals surface area contributed by atoms with Crippen LogP contribution in [-0.4, -0.2) is 41.3 Å². The summed E-state index contributed by atoms with van der Waals surface area (Å²) in [5.74, 6) is -2.05. The number of hydrogen-bond acceptors (Lipinski definition) is 7. The van der Waals surface area contributed by atoms with E-state index in [1.165, 1.54) is 36.4 Å². The molecule has 0 heterocycles. The Bertz CT molecular complexity index is 1670. The fraction of sp³-hybridized carbons (Fsp3) is 0.242. The van der Waals surface area contributed by atoms with Crippen molar-refractivity contribution in [1.82, 2.24) is 0 Å². The van der Waals surface area contributed by atoms with E-state index in [-0.39, 0.29) is 22.7 Å². The average molecular weight is 617 g/mol. The van der Waals surface area contributed by atoms with Crippen molar-refractivity contribution in [2.75, 3.05) is 16.0 Å². The van der Waals surface area contributed by atoms with Gasteiger partial charge in [-0.1, -0.05) is 0 Å². The van der Waals surface area contributed by atoms with Crippen molar-refractivity contribution in [3.63, 3.8) is 0 Å². The number of nitrogens with one attached hydrogen (secondary N) is 3. The van der Waals surface area contributed by atoms with E-state index in [1.807, 2.05) is 0 Å². The second-order valence-electron chi connectivity index (χ2n) is 11.3. The highest BCUT2D eigenvalue weighted by atomic mass is 19.1. The summed E-state index contributed by atoms with van der Waals surface area (Å²) in [5.41, 5.74) is -0.898. The molecule has 0 radical (unpaired) electrons. The number of allylic oxidation sites excluding steroid dienone is 1. The lowest BCUT2D eigenvalue weighted by Gasteiger charge is -2.21. The SMILES string of the molecule is C=Nc1cc(NC(=O)OC(C)(C)C)c(C(=O)O)cc1/C(=C\C)Oc1ccc(NC(=O)C2(C(=O)Nc3ccc(F)cc3)CC2)cc1. The summed E-state index contributed by atoms with van der Waals surface area (Å²) in [6.07, 6.45) is 1.54. The van der Waals surface area contributed by atoms with E-state index in [1.54, 1.807) is 58.0 Å². The number of ether oxygens (including phenoxy) is 2. The molecule has 1 aliphatic carbocycles. The average Bonchev–Trinajstić information content (AvgIpc) is 3.79. The largest absolute Gasteiger partial charge is 0.478 e. The Kier molecular flexibility index (Phi) is 9.36. The molecule has 0 spiro atoms. The molecule has 12 heteroatoms. The van der Waals surface area contributed by atoms with E-state index >= 15 is 0 Å². The van der Waals surface area contributed by atoms with Crippen LogP contribution in [0.3, 0.4) is 0 Å². The van der Waals surface area contributed by atoms with Gasteiger partial charge >= 0.3 is 12.1 Å². The number of carbonyl (C=O) groups is 4. The van der Waals surface area contributed by atoms with E-state index < -0.39 is 40.7 Å². The van der Waals surface area contributed by atoms with E-state index in [4.69, 9.17) is 9.47 Å². The Labute approximate surface area is 259 Å². The van der Waals surface area contributed by atoms with Crippen molar-refractivity contribution < 1.29 is 38.1 Å². The topological polar surface area (TPSA) is 155 Å². The van der Waals surface area contributed by atoms with Crippen LogP contribution in [-0.2, 0) is 14.3 Å². The normalized spacial score (nSPS) is 13.7. The summed E-state index contributed by atoms with van der Waals surface area (Å²) in [6.45, 7) is 10.3. The summed E-state index contributed by atoms with van der Waals surface area (Å²) in [7, 11) is 0. The number of aromatic carboxylic acids is 1. The molecule has 3 aromatic rings. The molecule has 1 fully saturated rings. The Morgan fingerprint density at radius 1 is 0.911 bits per heavy atom. The van der Waals surface area contributed by atoms with Gasteiger partial charge in [-0.3, -0.25) is 19.9 Å². The Hall–Kier alpha value is -5.52. The molecule has 0 aliphatic heterocycles. The van der Waals surface area contributed by atoms with Crippen LogP contribution >= 0.6 is 0 Å². The van der Waals surface area contributed by atoms with Crippen LogP contribution in [0.25, 0.3) is 5.76 Å². The number of benzene rings is 3. The number of aliphatic imine (C=N–C) groups is 1. The number of anilines is 3. The van der Waals surface area contributed by atoms with Gasteiger partial charge in [0, 0.05) is 16.9 Å². The first kappa shape index (κ1) is 32.4. The molecule has 4 N–H and O–H groups in total. The Balaban J connectivity index is 1.47. The first-order chi connectivity index (χ1) is 21.2. The van der Waals surface area contributed by atoms with Crippen LogP contribution < -0.4 is 20.7 Å². The molecule has 0 bridgehead atoms. The monoisotopic (exact) mass is 616 g/mol. The van der Waals surface area contributed by atoms with E-state index in [9.17, 15) is 28.7 Å². The summed E-state index contributed by atoms with van der Waals surface area (Å²) in [5, 5.41) is 17.7. The molecule has 1 saturated carbocycles. The summed E-state index contributed by atoms with van der Waals surface area (Å²) >= 11 is 0. The number of carbonyl (C=O) groups excluding carboxylic acids is 3. The highest BCUT2D eigenvalue weighted by Crippen LogP contribution is 2.47. The molecule has 3 aromatic carbocycles. The molecule has 234 valence electrons.